The molecule has 3 heterocycles. The van der Waals surface area contributed by atoms with Crippen LogP contribution in [0.3, 0.4) is 0 Å². The normalized spacial score (nSPS) is 18.1. The fourth-order valence-corrected chi connectivity index (χ4v) is 13.3. The number of nitrogens with one attached hydrogen (secondary N) is 2. The minimum absolute atomic E-state index is 0.106. The smallest absolute Gasteiger partial charge is 0.294 e. The topological polar surface area (TPSA) is 251 Å². The van der Waals surface area contributed by atoms with Crippen molar-refractivity contribution in [3.8, 4) is 0 Å². The van der Waals surface area contributed by atoms with Gasteiger partial charge in [0.25, 0.3) is 32.1 Å². The van der Waals surface area contributed by atoms with Crippen LogP contribution >= 0.6 is 0 Å². The van der Waals surface area contributed by atoms with E-state index in [0.29, 0.717) is 51.0 Å². The number of amides is 3. The van der Waals surface area contributed by atoms with Crippen molar-refractivity contribution in [1.29, 1.82) is 0 Å². The van der Waals surface area contributed by atoms with Crippen molar-refractivity contribution in [2.75, 3.05) is 49.1 Å². The Balaban J connectivity index is 1.08. The lowest BCUT2D eigenvalue weighted by molar-refractivity contribution is -0.438. The molecule has 1 aliphatic carbocycles. The number of imide groups is 1. The van der Waals surface area contributed by atoms with Gasteiger partial charge in [-0.05, 0) is 119 Å². The number of unbranched alkanes of at least 4 members (excludes halogenated alkanes) is 14. The second kappa shape index (κ2) is 29.8. The Labute approximate surface area is 482 Å². The minimum atomic E-state index is -4.50. The summed E-state index contributed by atoms with van der Waals surface area (Å²) in [5.41, 5.74) is 7.81. The number of para-hydroxylation sites is 1. The number of hydrogen-bond acceptors (Lipinski definition) is 12. The average Bonchev–Trinajstić information content (AvgIpc) is 2.38. The first-order valence-electron chi connectivity index (χ1n) is 29.3. The Morgan fingerprint density at radius 3 is 1.94 bits per heavy atom. The molecule has 2 aromatic carbocycles. The third-order valence-electron chi connectivity index (χ3n) is 16.1. The summed E-state index contributed by atoms with van der Waals surface area (Å²) in [5, 5.41) is 6.91. The number of benzene rings is 2. The molecule has 81 heavy (non-hydrogen) atoms. The average molecular weight is 1180 g/mol. The highest BCUT2D eigenvalue weighted by molar-refractivity contribution is 7.86. The van der Waals surface area contributed by atoms with Crippen molar-refractivity contribution in [2.45, 2.75) is 185 Å². The van der Waals surface area contributed by atoms with Crippen LogP contribution < -0.4 is 15.5 Å². The second-order valence-electron chi connectivity index (χ2n) is 23.0. The third-order valence-corrected chi connectivity index (χ3v) is 18.5. The lowest BCUT2D eigenvalue weighted by Crippen LogP contribution is -2.30. The highest BCUT2D eigenvalue weighted by atomic mass is 32.2. The number of carbonyl (C=O) groups excluding carboxylic acids is 3. The third kappa shape index (κ3) is 19.1. The minimum Gasteiger partial charge on any atom is -0.748 e. The van der Waals surface area contributed by atoms with Gasteiger partial charge in [-0.1, -0.05) is 108 Å². The maximum Gasteiger partial charge on any atom is 0.294 e. The van der Waals surface area contributed by atoms with Gasteiger partial charge in [0, 0.05) is 97.1 Å². The predicted molar refractivity (Wildman–Crippen MR) is 318 cm³/mol. The van der Waals surface area contributed by atoms with E-state index in [9.17, 15) is 53.3 Å². The van der Waals surface area contributed by atoms with Crippen molar-refractivity contribution < 1.29 is 57.9 Å². The predicted octanol–water partition coefficient (Wildman–Crippen LogP) is 10.4. The molecule has 17 nitrogen and oxygen atoms in total. The summed E-state index contributed by atoms with van der Waals surface area (Å²) in [6, 6.07) is 12.8. The van der Waals surface area contributed by atoms with Gasteiger partial charge in [0.15, 0.2) is 5.71 Å². The van der Waals surface area contributed by atoms with E-state index in [1.54, 1.807) is 6.07 Å². The summed E-state index contributed by atoms with van der Waals surface area (Å²) in [6.45, 7) is 11.2. The number of allylic oxidation sites excluding steroid dienone is 7. The van der Waals surface area contributed by atoms with E-state index in [-0.39, 0.29) is 46.6 Å². The van der Waals surface area contributed by atoms with Crippen LogP contribution in [-0.4, -0.2) is 116 Å². The van der Waals surface area contributed by atoms with Gasteiger partial charge in [-0.2, -0.15) is 21.4 Å². The Bertz CT molecular complexity index is 3080. The molecule has 0 fully saturated rings. The molecule has 0 saturated heterocycles. The number of anilines is 1. The van der Waals surface area contributed by atoms with Crippen LogP contribution in [0.4, 0.5) is 11.4 Å². The Kier molecular flexibility index (Phi) is 23.9. The van der Waals surface area contributed by atoms with Crippen LogP contribution in [0, 0.1) is 0 Å². The summed E-state index contributed by atoms with van der Waals surface area (Å²) in [7, 11) is -13.0. The van der Waals surface area contributed by atoms with Gasteiger partial charge >= 0.3 is 0 Å². The van der Waals surface area contributed by atoms with Gasteiger partial charge in [0.05, 0.1) is 26.2 Å². The lowest BCUT2D eigenvalue weighted by Gasteiger charge is -2.28. The molecule has 3 amide bonds. The van der Waals surface area contributed by atoms with Gasteiger partial charge in [-0.15, -0.1) is 0 Å². The van der Waals surface area contributed by atoms with E-state index in [1.807, 2.05) is 26.0 Å². The summed E-state index contributed by atoms with van der Waals surface area (Å²) in [5.74, 6) is -1.14. The molecule has 4 N–H and O–H groups in total. The van der Waals surface area contributed by atoms with Crippen LogP contribution in [0.1, 0.15) is 180 Å². The van der Waals surface area contributed by atoms with Crippen LogP contribution in [0.25, 0.3) is 0 Å². The summed E-state index contributed by atoms with van der Waals surface area (Å²) in [4.78, 5) is 38.9. The van der Waals surface area contributed by atoms with Gasteiger partial charge in [-0.3, -0.25) is 28.4 Å². The van der Waals surface area contributed by atoms with Crippen LogP contribution in [0.2, 0.25) is 0 Å². The number of fused-ring (bicyclic) bond motifs is 2. The van der Waals surface area contributed by atoms with E-state index in [1.165, 1.54) is 29.2 Å². The first-order chi connectivity index (χ1) is 38.4. The van der Waals surface area contributed by atoms with Crippen molar-refractivity contribution in [3.63, 3.8) is 0 Å². The lowest BCUT2D eigenvalue weighted by atomic mass is 9.81. The van der Waals surface area contributed by atoms with Crippen LogP contribution in [-0.2, 0) is 55.6 Å². The van der Waals surface area contributed by atoms with Crippen molar-refractivity contribution >= 4 is 65.2 Å². The summed E-state index contributed by atoms with van der Waals surface area (Å²) in [6.07, 6.45) is 29.8. The zero-order chi connectivity index (χ0) is 58.9. The number of rotatable bonds is 35. The molecule has 0 saturated carbocycles. The first kappa shape index (κ1) is 64.9. The van der Waals surface area contributed by atoms with Gasteiger partial charge in [0.1, 0.15) is 6.54 Å². The summed E-state index contributed by atoms with van der Waals surface area (Å²) < 4.78 is 104. The highest BCUT2D eigenvalue weighted by Crippen LogP contribution is 2.49. The molecule has 0 atom stereocenters. The molecule has 4 aliphatic rings. The monoisotopic (exact) mass is 1180 g/mol. The largest absolute Gasteiger partial charge is 0.748 e. The van der Waals surface area contributed by atoms with Crippen molar-refractivity contribution in [1.82, 2.24) is 15.5 Å². The first-order valence-corrected chi connectivity index (χ1v) is 33.9. The summed E-state index contributed by atoms with van der Waals surface area (Å²) >= 11 is 0. The molecular formula is C61H87N5O12S3. The zero-order valence-corrected chi connectivity index (χ0v) is 50.5. The standard InChI is InChI=1S/C61H87N5O12S3/c1-60(2)50-28-16-17-29-52(50)64(41-21-23-44-79(70,71)72)54(60)35-31-47-26-25-27-48(32-36-55-61(3,4)51-46-49(81(76,77)78)33-34-53(51)65(55)42-22-24-45-80(73,74)75)59(47)63-40-19-13-8-6-5-7-11-15-30-56(67)62-39-18-12-9-10-14-20-43-66-57(68)37-38-58(66)69/h16-17,28-29,31-38,46H,5-15,18-27,30,39-45H2,1-4H3,(H4,62,67,70,71,72,73,74,75,76,77,78)/b48-32+,55-36?. The van der Waals surface area contributed by atoms with Gasteiger partial charge < -0.3 is 20.1 Å². The van der Waals surface area contributed by atoms with Crippen molar-refractivity contribution in [2.24, 2.45) is 0 Å². The Morgan fingerprint density at radius 1 is 0.667 bits per heavy atom. The Hall–Kier alpha value is -5.25. The van der Waals surface area contributed by atoms with E-state index in [2.05, 4.69) is 70.4 Å². The molecule has 0 unspecified atom stereocenters. The van der Waals surface area contributed by atoms with E-state index in [0.717, 1.165) is 161 Å². The maximum atomic E-state index is 12.4. The van der Waals surface area contributed by atoms with E-state index >= 15 is 0 Å². The fraction of sp³-hybridized carbons (Fsp3) is 0.574. The zero-order valence-electron chi connectivity index (χ0n) is 48.1. The molecule has 0 spiro atoms. The van der Waals surface area contributed by atoms with Crippen molar-refractivity contribution in [3.05, 3.63) is 113 Å². The number of hydrogen-bond donors (Lipinski definition) is 4. The van der Waals surface area contributed by atoms with E-state index < -0.39 is 41.5 Å². The van der Waals surface area contributed by atoms with Crippen LogP contribution in [0.5, 0.6) is 0 Å². The molecule has 2 aromatic rings. The highest BCUT2D eigenvalue weighted by Gasteiger charge is 2.44. The Morgan fingerprint density at radius 2 is 1.27 bits per heavy atom. The molecule has 20 heteroatoms. The SMILES string of the molecule is CC1(C)C(=C/C=C2\CCCC(/C=C/C3=[N+](CCCCS(=O)(=O)[O-])c4ccccc4C3(C)C)=C2NCCCCCCCCCCC(=O)NCCCCCCCCN2C(=O)C=CC2=O)N(CCCCS(=O)(=O)O)c2ccc(S(=O)(=O)O)cc21. The van der Waals surface area contributed by atoms with Gasteiger partial charge in [-0.25, -0.2) is 8.42 Å². The molecule has 6 rings (SSSR count). The second-order valence-corrected chi connectivity index (χ2v) is 27.6. The molecule has 446 valence electrons. The van der Waals surface area contributed by atoms with E-state index in [4.69, 9.17) is 0 Å². The number of nitrogens with zero attached hydrogens (tertiary/aromatic N) is 3. The molecule has 0 aromatic heterocycles. The fourth-order valence-electron chi connectivity index (χ4n) is 11.6. The number of carbonyl (C=O) groups is 3. The molecule has 0 bridgehead atoms. The quantitative estimate of drug-likeness (QED) is 0.0217. The maximum absolute atomic E-state index is 12.4. The molecule has 3 aliphatic heterocycles. The molecular weight excluding hydrogens is 1090 g/mol. The molecule has 0 radical (unpaired) electrons. The van der Waals surface area contributed by atoms with Crippen LogP contribution in [0.15, 0.2) is 106 Å². The van der Waals surface area contributed by atoms with Gasteiger partial charge in [0.2, 0.25) is 11.6 Å².